The van der Waals surface area contributed by atoms with E-state index in [1.807, 2.05) is 13.0 Å². The predicted octanol–water partition coefficient (Wildman–Crippen LogP) is 4.00. The lowest BCUT2D eigenvalue weighted by molar-refractivity contribution is 0.0827. The number of hydrogen-bond donors (Lipinski definition) is 2. The van der Waals surface area contributed by atoms with Gasteiger partial charge in [0, 0.05) is 50.9 Å². The van der Waals surface area contributed by atoms with Crippen molar-refractivity contribution in [1.29, 1.82) is 0 Å². The highest BCUT2D eigenvalue weighted by Gasteiger charge is 2.38. The Hall–Kier alpha value is -4.13. The molecule has 12 heteroatoms. The Bertz CT molecular complexity index is 1590. The van der Waals surface area contributed by atoms with Gasteiger partial charge in [0.15, 0.2) is 0 Å². The van der Waals surface area contributed by atoms with Crippen molar-refractivity contribution in [2.24, 2.45) is 5.92 Å². The van der Waals surface area contributed by atoms with E-state index < -0.39 is 22.2 Å². The number of urea groups is 1. The molecule has 0 saturated carbocycles. The predicted molar refractivity (Wildman–Crippen MR) is 169 cm³/mol. The number of amides is 3. The first-order chi connectivity index (χ1) is 20.8. The van der Waals surface area contributed by atoms with Crippen LogP contribution in [0.4, 0.5) is 10.5 Å². The van der Waals surface area contributed by atoms with Gasteiger partial charge in [-0.3, -0.25) is 4.79 Å². The first-order valence-corrected chi connectivity index (χ1v) is 15.7. The van der Waals surface area contributed by atoms with Crippen molar-refractivity contribution in [2.75, 3.05) is 53.3 Å². The monoisotopic (exact) mass is 624 g/mol. The van der Waals surface area contributed by atoms with Gasteiger partial charge in [0.05, 0.1) is 20.3 Å². The molecule has 0 bridgehead atoms. The van der Waals surface area contributed by atoms with Crippen molar-refractivity contribution in [1.82, 2.24) is 14.1 Å². The van der Waals surface area contributed by atoms with Gasteiger partial charge in [0.25, 0.3) is 5.91 Å². The van der Waals surface area contributed by atoms with E-state index >= 15 is 0 Å². The van der Waals surface area contributed by atoms with Crippen LogP contribution in [0.1, 0.15) is 24.2 Å². The average molecular weight is 625 g/mol. The first-order valence-electron chi connectivity index (χ1n) is 14.3. The van der Waals surface area contributed by atoms with Crippen LogP contribution in [0, 0.1) is 5.92 Å². The maximum absolute atomic E-state index is 13.9. The normalized spacial score (nSPS) is 18.5. The molecule has 1 heterocycles. The van der Waals surface area contributed by atoms with Crippen LogP contribution in [0.3, 0.4) is 0 Å². The van der Waals surface area contributed by atoms with Crippen LogP contribution < -0.4 is 14.8 Å². The van der Waals surface area contributed by atoms with Gasteiger partial charge in [0.1, 0.15) is 22.5 Å². The maximum Gasteiger partial charge on any atom is 0.321 e. The van der Waals surface area contributed by atoms with Crippen LogP contribution in [0.15, 0.2) is 71.6 Å². The van der Waals surface area contributed by atoms with Crippen molar-refractivity contribution in [3.05, 3.63) is 72.3 Å². The summed E-state index contributed by atoms with van der Waals surface area (Å²) < 4.78 is 40.7. The second-order valence-corrected chi connectivity index (χ2v) is 13.1. The first kappa shape index (κ1) is 32.8. The number of aliphatic hydroxyl groups is 1. The molecule has 4 rings (SSSR count). The number of aliphatic hydroxyl groups excluding tert-OH is 1. The van der Waals surface area contributed by atoms with Gasteiger partial charge in [0.2, 0.25) is 10.0 Å². The summed E-state index contributed by atoms with van der Waals surface area (Å²) in [6.07, 6.45) is -0.596. The number of likely N-dealkylation sites (N-methyl/N-ethyl adjacent to an activating group) is 1. The van der Waals surface area contributed by atoms with E-state index in [2.05, 4.69) is 5.32 Å². The lowest BCUT2D eigenvalue weighted by atomic mass is 10.0. The lowest BCUT2D eigenvalue weighted by Gasteiger charge is -2.37. The molecule has 0 aromatic heterocycles. The van der Waals surface area contributed by atoms with Crippen LogP contribution in [-0.2, 0) is 10.0 Å². The standard InChI is InChI=1S/C32H40N4O7S/c1-21-18-36(22(2)20-37)44(40,41)30-15-10-24(23-8-7-9-25(16-23)31(38)34(3)4)17-28(30)43-29(21)19-35(5)32(39)33-26-11-13-27(42-6)14-12-26/h7-17,21-22,29,37H,18-20H2,1-6H3,(H,33,39)/t21-,22+,29+/m1/s1. The number of fused-ring (bicyclic) bond motifs is 1. The second kappa shape index (κ2) is 13.7. The van der Waals surface area contributed by atoms with Crippen molar-refractivity contribution in [3.63, 3.8) is 0 Å². The van der Waals surface area contributed by atoms with Gasteiger partial charge < -0.3 is 29.7 Å². The molecule has 3 amide bonds. The number of nitrogens with one attached hydrogen (secondary N) is 1. The Labute approximate surface area is 259 Å². The summed E-state index contributed by atoms with van der Waals surface area (Å²) in [6.45, 7) is 3.39. The molecule has 3 aromatic rings. The summed E-state index contributed by atoms with van der Waals surface area (Å²) in [5.41, 5.74) is 2.46. The third kappa shape index (κ3) is 7.15. The summed E-state index contributed by atoms with van der Waals surface area (Å²) in [5.74, 6) is 0.282. The number of carbonyl (C=O) groups excluding carboxylic acids is 2. The highest BCUT2D eigenvalue weighted by Crippen LogP contribution is 2.37. The molecule has 0 aliphatic carbocycles. The summed E-state index contributed by atoms with van der Waals surface area (Å²) in [6, 6.07) is 17.8. The molecule has 44 heavy (non-hydrogen) atoms. The molecular formula is C32H40N4O7S. The van der Waals surface area contributed by atoms with Crippen molar-refractivity contribution >= 4 is 27.6 Å². The molecule has 1 aliphatic rings. The summed E-state index contributed by atoms with van der Waals surface area (Å²) in [5, 5.41) is 12.8. The van der Waals surface area contributed by atoms with E-state index in [-0.39, 0.29) is 48.2 Å². The SMILES string of the molecule is COc1ccc(NC(=O)N(C)C[C@@H]2Oc3cc(-c4cccc(C(=O)N(C)C)c4)ccc3S(=O)(=O)N([C@@H](C)CO)C[C@H]2C)cc1. The van der Waals surface area contributed by atoms with Gasteiger partial charge in [-0.15, -0.1) is 0 Å². The van der Waals surface area contributed by atoms with Crippen LogP contribution >= 0.6 is 0 Å². The number of hydrogen-bond acceptors (Lipinski definition) is 7. The Morgan fingerprint density at radius 2 is 1.75 bits per heavy atom. The minimum atomic E-state index is -4.05. The molecule has 0 spiro atoms. The minimum Gasteiger partial charge on any atom is -0.497 e. The number of nitrogens with zero attached hydrogens (tertiary/aromatic N) is 3. The number of sulfonamides is 1. The average Bonchev–Trinajstić information content (AvgIpc) is 3.02. The molecular weight excluding hydrogens is 584 g/mol. The number of benzene rings is 3. The number of anilines is 1. The number of rotatable bonds is 8. The molecule has 2 N–H and O–H groups in total. The molecule has 0 radical (unpaired) electrons. The summed E-state index contributed by atoms with van der Waals surface area (Å²) in [4.78, 5) is 28.6. The number of ether oxygens (including phenoxy) is 2. The van der Waals surface area contributed by atoms with Crippen LogP contribution in [0.25, 0.3) is 11.1 Å². The number of carbonyl (C=O) groups is 2. The Balaban J connectivity index is 1.69. The van der Waals surface area contributed by atoms with E-state index in [0.29, 0.717) is 28.1 Å². The smallest absolute Gasteiger partial charge is 0.321 e. The lowest BCUT2D eigenvalue weighted by Crippen LogP contribution is -2.50. The van der Waals surface area contributed by atoms with E-state index in [1.165, 1.54) is 20.2 Å². The molecule has 3 aromatic carbocycles. The molecule has 0 unspecified atom stereocenters. The summed E-state index contributed by atoms with van der Waals surface area (Å²) in [7, 11) is 2.51. The molecule has 0 fully saturated rings. The van der Waals surface area contributed by atoms with Gasteiger partial charge >= 0.3 is 6.03 Å². The van der Waals surface area contributed by atoms with Crippen LogP contribution in [0.5, 0.6) is 11.5 Å². The minimum absolute atomic E-state index is 0.0377. The molecule has 11 nitrogen and oxygen atoms in total. The largest absolute Gasteiger partial charge is 0.497 e. The van der Waals surface area contributed by atoms with Gasteiger partial charge in [-0.25, -0.2) is 13.2 Å². The van der Waals surface area contributed by atoms with Crippen LogP contribution in [-0.4, -0.2) is 99.7 Å². The summed E-state index contributed by atoms with van der Waals surface area (Å²) >= 11 is 0. The van der Waals surface area contributed by atoms with Gasteiger partial charge in [-0.1, -0.05) is 25.1 Å². The second-order valence-electron chi connectivity index (χ2n) is 11.2. The zero-order valence-electron chi connectivity index (χ0n) is 25.9. The van der Waals surface area contributed by atoms with E-state index in [0.717, 1.165) is 0 Å². The fourth-order valence-corrected chi connectivity index (χ4v) is 6.78. The molecule has 1 aliphatic heterocycles. The van der Waals surface area contributed by atoms with E-state index in [1.54, 1.807) is 89.8 Å². The number of methoxy groups -OCH3 is 1. The fourth-order valence-electron chi connectivity index (χ4n) is 4.96. The molecule has 236 valence electrons. The Morgan fingerprint density at radius 1 is 1.07 bits per heavy atom. The Morgan fingerprint density at radius 3 is 2.39 bits per heavy atom. The van der Waals surface area contributed by atoms with Gasteiger partial charge in [-0.05, 0) is 66.6 Å². The third-order valence-corrected chi connectivity index (χ3v) is 9.68. The van der Waals surface area contributed by atoms with Crippen molar-refractivity contribution in [3.8, 4) is 22.6 Å². The zero-order chi connectivity index (χ0) is 32.2. The molecule has 3 atom stereocenters. The fraction of sp³-hybridized carbons (Fsp3) is 0.375. The zero-order valence-corrected chi connectivity index (χ0v) is 26.7. The van der Waals surface area contributed by atoms with E-state index in [4.69, 9.17) is 9.47 Å². The quantitative estimate of drug-likeness (QED) is 0.388. The molecule has 0 saturated heterocycles. The highest BCUT2D eigenvalue weighted by atomic mass is 32.2. The highest BCUT2D eigenvalue weighted by molar-refractivity contribution is 7.89. The van der Waals surface area contributed by atoms with Crippen molar-refractivity contribution < 1.29 is 32.6 Å². The topological polar surface area (TPSA) is 129 Å². The maximum atomic E-state index is 13.9. The van der Waals surface area contributed by atoms with Crippen molar-refractivity contribution in [2.45, 2.75) is 30.9 Å². The van der Waals surface area contributed by atoms with Gasteiger partial charge in [-0.2, -0.15) is 4.31 Å². The van der Waals surface area contributed by atoms with Crippen LogP contribution in [0.2, 0.25) is 0 Å². The van der Waals surface area contributed by atoms with E-state index in [9.17, 15) is 23.1 Å². The third-order valence-electron chi connectivity index (χ3n) is 7.66. The Kier molecular flexibility index (Phi) is 10.2.